The third-order valence-electron chi connectivity index (χ3n) is 6.06. The Morgan fingerprint density at radius 1 is 1.14 bits per heavy atom. The molecule has 0 fully saturated rings. The van der Waals surface area contributed by atoms with Crippen LogP contribution < -0.4 is 15.8 Å². The van der Waals surface area contributed by atoms with Gasteiger partial charge in [-0.2, -0.15) is 0 Å². The molecule has 0 spiro atoms. The number of nitrogens with one attached hydrogen (secondary N) is 1. The number of hydrogen-bond acceptors (Lipinski definition) is 6. The molecule has 2 N–H and O–H groups in total. The van der Waals surface area contributed by atoms with E-state index in [9.17, 15) is 28.3 Å². The number of carbonyl (C=O) groups is 2. The number of aryl methyl sites for hydroxylation is 1. The first-order chi connectivity index (χ1) is 17.8. The first-order valence-corrected chi connectivity index (χ1v) is 11.6. The summed E-state index contributed by atoms with van der Waals surface area (Å²) in [6, 6.07) is 6.74. The lowest BCUT2D eigenvalue weighted by Crippen LogP contribution is -2.55. The van der Waals surface area contributed by atoms with Gasteiger partial charge in [0.05, 0.1) is 6.61 Å². The van der Waals surface area contributed by atoms with Gasteiger partial charge in [0.15, 0.2) is 11.4 Å². The number of halogens is 2. The number of aromatic nitrogens is 2. The fourth-order valence-corrected chi connectivity index (χ4v) is 4.10. The van der Waals surface area contributed by atoms with E-state index in [0.717, 1.165) is 6.07 Å². The largest absolute Gasteiger partial charge is 0.502 e. The molecule has 1 aliphatic rings. The topological polar surface area (TPSA) is 109 Å². The maximum Gasteiger partial charge on any atom is 0.277 e. The van der Waals surface area contributed by atoms with E-state index in [2.05, 4.69) is 5.32 Å². The lowest BCUT2D eigenvalue weighted by Gasteiger charge is -2.39. The van der Waals surface area contributed by atoms with Crippen LogP contribution >= 0.6 is 0 Å². The zero-order valence-corrected chi connectivity index (χ0v) is 20.2. The van der Waals surface area contributed by atoms with Crippen LogP contribution in [0.4, 0.5) is 8.78 Å². The van der Waals surface area contributed by atoms with Crippen molar-refractivity contribution in [1.82, 2.24) is 19.5 Å². The van der Waals surface area contributed by atoms with Crippen molar-refractivity contribution >= 4 is 11.8 Å². The Kier molecular flexibility index (Phi) is 7.87. The summed E-state index contributed by atoms with van der Waals surface area (Å²) in [4.78, 5) is 40.3. The normalized spacial score (nSPS) is 13.1. The summed E-state index contributed by atoms with van der Waals surface area (Å²) in [5.41, 5.74) is -1.68. The molecule has 0 bridgehead atoms. The van der Waals surface area contributed by atoms with Gasteiger partial charge in [-0.1, -0.05) is 6.07 Å². The second-order valence-electron chi connectivity index (χ2n) is 8.54. The SMILES string of the molecule is COCCN1CN(CCCn2cccc2)n2cc(C(=O)NCc3ccc(F)cc3F)c(=O)c(O)c2C1=O. The van der Waals surface area contributed by atoms with Gasteiger partial charge in [0.1, 0.15) is 23.9 Å². The molecule has 1 aliphatic heterocycles. The molecule has 0 aliphatic carbocycles. The number of rotatable bonds is 10. The van der Waals surface area contributed by atoms with Crippen LogP contribution in [0.2, 0.25) is 0 Å². The Hall–Kier alpha value is -4.19. The Bertz CT molecular complexity index is 1340. The van der Waals surface area contributed by atoms with Gasteiger partial charge in [0.2, 0.25) is 5.43 Å². The summed E-state index contributed by atoms with van der Waals surface area (Å²) in [6.07, 6.45) is 5.72. The van der Waals surface area contributed by atoms with Crippen molar-refractivity contribution in [2.75, 3.05) is 38.5 Å². The van der Waals surface area contributed by atoms with E-state index in [0.29, 0.717) is 25.6 Å². The average Bonchev–Trinajstić information content (AvgIpc) is 3.39. The lowest BCUT2D eigenvalue weighted by atomic mass is 10.1. The molecular weight excluding hydrogens is 488 g/mol. The number of fused-ring (bicyclic) bond motifs is 1. The zero-order chi connectivity index (χ0) is 26.5. The number of methoxy groups -OCH3 is 1. The van der Waals surface area contributed by atoms with Gasteiger partial charge in [-0.05, 0) is 24.6 Å². The number of nitrogens with zero attached hydrogens (tertiary/aromatic N) is 4. The molecule has 3 aromatic rings. The molecule has 2 aromatic heterocycles. The minimum atomic E-state index is -1.03. The van der Waals surface area contributed by atoms with Crippen molar-refractivity contribution in [3.05, 3.63) is 87.6 Å². The van der Waals surface area contributed by atoms with E-state index in [1.165, 1.54) is 28.9 Å². The maximum absolute atomic E-state index is 14.0. The molecule has 0 atom stereocenters. The molecule has 0 saturated heterocycles. The zero-order valence-electron chi connectivity index (χ0n) is 20.2. The van der Waals surface area contributed by atoms with Crippen LogP contribution in [-0.4, -0.2) is 64.5 Å². The van der Waals surface area contributed by atoms with Gasteiger partial charge in [0, 0.05) is 63.5 Å². The van der Waals surface area contributed by atoms with Crippen LogP contribution in [0.3, 0.4) is 0 Å². The third kappa shape index (κ3) is 5.64. The van der Waals surface area contributed by atoms with E-state index in [1.54, 1.807) is 5.01 Å². The highest BCUT2D eigenvalue weighted by atomic mass is 19.1. The summed E-state index contributed by atoms with van der Waals surface area (Å²) in [6.45, 7) is 1.46. The summed E-state index contributed by atoms with van der Waals surface area (Å²) in [7, 11) is 1.50. The highest BCUT2D eigenvalue weighted by molar-refractivity contribution is 5.99. The van der Waals surface area contributed by atoms with Gasteiger partial charge >= 0.3 is 0 Å². The minimum absolute atomic E-state index is 0.0210. The molecule has 1 aromatic carbocycles. The second-order valence-corrected chi connectivity index (χ2v) is 8.54. The number of carbonyl (C=O) groups excluding carboxylic acids is 2. The standard InChI is InChI=1S/C25H27F2N5O5/c1-37-12-11-30-16-31(10-4-9-29-7-2-3-8-29)32-15-19(22(33)23(34)21(32)25(30)36)24(35)28-14-17-5-6-18(26)13-20(17)27/h2-3,5-8,13,15,34H,4,9-12,14,16H2,1H3,(H,28,35). The van der Waals surface area contributed by atoms with Crippen molar-refractivity contribution in [2.24, 2.45) is 0 Å². The second kappa shape index (κ2) is 11.2. The Morgan fingerprint density at radius 2 is 1.89 bits per heavy atom. The quantitative estimate of drug-likeness (QED) is 0.425. The molecule has 37 heavy (non-hydrogen) atoms. The molecule has 196 valence electrons. The van der Waals surface area contributed by atoms with Gasteiger partial charge in [-0.25, -0.2) is 8.78 Å². The predicted octanol–water partition coefficient (Wildman–Crippen LogP) is 1.65. The Morgan fingerprint density at radius 3 is 2.59 bits per heavy atom. The predicted molar refractivity (Wildman–Crippen MR) is 130 cm³/mol. The van der Waals surface area contributed by atoms with Crippen molar-refractivity contribution in [2.45, 2.75) is 19.5 Å². The molecular formula is C25H27F2N5O5. The van der Waals surface area contributed by atoms with E-state index >= 15 is 0 Å². The highest BCUT2D eigenvalue weighted by Gasteiger charge is 2.34. The summed E-state index contributed by atoms with van der Waals surface area (Å²) in [5.74, 6) is -3.91. The fraction of sp³-hybridized carbons (Fsp3) is 0.320. The summed E-state index contributed by atoms with van der Waals surface area (Å²) in [5, 5.41) is 14.9. The number of pyridine rings is 1. The molecule has 10 nitrogen and oxygen atoms in total. The molecule has 3 heterocycles. The minimum Gasteiger partial charge on any atom is -0.502 e. The summed E-state index contributed by atoms with van der Waals surface area (Å²) < 4.78 is 35.5. The van der Waals surface area contributed by atoms with E-state index < -0.39 is 40.2 Å². The van der Waals surface area contributed by atoms with Gasteiger partial charge < -0.3 is 24.6 Å². The Balaban J connectivity index is 1.61. The smallest absolute Gasteiger partial charge is 0.277 e. The molecule has 12 heteroatoms. The maximum atomic E-state index is 14.0. The molecule has 0 saturated carbocycles. The van der Waals surface area contributed by atoms with Crippen LogP contribution in [-0.2, 0) is 17.8 Å². The first-order valence-electron chi connectivity index (χ1n) is 11.6. The van der Waals surface area contributed by atoms with Crippen LogP contribution in [0.5, 0.6) is 5.75 Å². The molecule has 2 amide bonds. The summed E-state index contributed by atoms with van der Waals surface area (Å²) >= 11 is 0. The average molecular weight is 516 g/mol. The van der Waals surface area contributed by atoms with Gasteiger partial charge in [0.25, 0.3) is 11.8 Å². The highest BCUT2D eigenvalue weighted by Crippen LogP contribution is 2.22. The monoisotopic (exact) mass is 515 g/mol. The van der Waals surface area contributed by atoms with Gasteiger partial charge in [-0.15, -0.1) is 0 Å². The number of amides is 2. The number of benzene rings is 1. The fourth-order valence-electron chi connectivity index (χ4n) is 4.10. The molecule has 0 radical (unpaired) electrons. The number of aromatic hydroxyl groups is 1. The van der Waals surface area contributed by atoms with Crippen LogP contribution in [0.25, 0.3) is 0 Å². The van der Waals surface area contributed by atoms with E-state index in [4.69, 9.17) is 4.74 Å². The molecule has 0 unspecified atom stereocenters. The van der Waals surface area contributed by atoms with E-state index in [1.807, 2.05) is 29.1 Å². The first kappa shape index (κ1) is 25.9. The van der Waals surface area contributed by atoms with Crippen molar-refractivity contribution in [3.8, 4) is 5.75 Å². The van der Waals surface area contributed by atoms with Crippen LogP contribution in [0.1, 0.15) is 32.8 Å². The van der Waals surface area contributed by atoms with Crippen molar-refractivity contribution < 1.29 is 28.2 Å². The van der Waals surface area contributed by atoms with E-state index in [-0.39, 0.29) is 37.6 Å². The lowest BCUT2D eigenvalue weighted by molar-refractivity contribution is 0.0621. The number of ether oxygens (including phenoxy) is 1. The number of hydrogen-bond donors (Lipinski definition) is 2. The van der Waals surface area contributed by atoms with Gasteiger partial charge in [-0.3, -0.25) is 24.1 Å². The van der Waals surface area contributed by atoms with Crippen LogP contribution in [0.15, 0.2) is 53.7 Å². The molecule has 4 rings (SSSR count). The van der Waals surface area contributed by atoms with Crippen molar-refractivity contribution in [1.29, 1.82) is 0 Å². The van der Waals surface area contributed by atoms with Crippen molar-refractivity contribution in [3.63, 3.8) is 0 Å². The van der Waals surface area contributed by atoms with Crippen LogP contribution in [0, 0.1) is 11.6 Å². The third-order valence-corrected chi connectivity index (χ3v) is 6.06. The Labute approximate surface area is 211 Å².